The van der Waals surface area contributed by atoms with Crippen LogP contribution < -0.4 is 5.56 Å². The van der Waals surface area contributed by atoms with Gasteiger partial charge in [0.05, 0.1) is 11.3 Å². The van der Waals surface area contributed by atoms with Crippen molar-refractivity contribution in [2.45, 2.75) is 0 Å². The van der Waals surface area contributed by atoms with Crippen molar-refractivity contribution in [2.75, 3.05) is 0 Å². The summed E-state index contributed by atoms with van der Waals surface area (Å²) in [6, 6.07) is 23.0. The van der Waals surface area contributed by atoms with Crippen molar-refractivity contribution in [3.8, 4) is 28.1 Å². The molecule has 0 aliphatic rings. The summed E-state index contributed by atoms with van der Waals surface area (Å²) in [5, 5.41) is 9.52. The number of hydrogen-bond donors (Lipinski definition) is 1. The topological polar surface area (TPSA) is 72.2 Å². The molecular formula is C23H16N2O3. The molecule has 5 nitrogen and oxygen atoms in total. The summed E-state index contributed by atoms with van der Waals surface area (Å²) in [7, 11) is 0. The zero-order valence-electron chi connectivity index (χ0n) is 14.8. The van der Waals surface area contributed by atoms with Crippen LogP contribution in [-0.2, 0) is 0 Å². The van der Waals surface area contributed by atoms with Crippen molar-refractivity contribution < 1.29 is 9.90 Å². The van der Waals surface area contributed by atoms with Crippen LogP contribution in [0.3, 0.4) is 0 Å². The molecular weight excluding hydrogens is 352 g/mol. The Morgan fingerprint density at radius 1 is 0.821 bits per heavy atom. The summed E-state index contributed by atoms with van der Waals surface area (Å²) in [5.74, 6) is -1.07. The van der Waals surface area contributed by atoms with Crippen molar-refractivity contribution in [3.05, 3.63) is 107 Å². The number of pyridine rings is 2. The molecule has 0 aliphatic carbocycles. The number of aromatic nitrogens is 2. The van der Waals surface area contributed by atoms with Crippen LogP contribution in [0, 0.1) is 0 Å². The average molecular weight is 368 g/mol. The zero-order chi connectivity index (χ0) is 19.5. The third kappa shape index (κ3) is 3.10. The van der Waals surface area contributed by atoms with Gasteiger partial charge in [-0.3, -0.25) is 14.3 Å². The van der Waals surface area contributed by atoms with Crippen LogP contribution in [0.25, 0.3) is 28.1 Å². The molecule has 0 spiro atoms. The van der Waals surface area contributed by atoms with Gasteiger partial charge < -0.3 is 5.11 Å². The third-order valence-corrected chi connectivity index (χ3v) is 4.50. The Labute approximate surface area is 161 Å². The fourth-order valence-electron chi connectivity index (χ4n) is 3.22. The lowest BCUT2D eigenvalue weighted by molar-refractivity contribution is 0.0697. The van der Waals surface area contributed by atoms with Gasteiger partial charge in [0, 0.05) is 34.8 Å². The van der Waals surface area contributed by atoms with E-state index >= 15 is 0 Å². The van der Waals surface area contributed by atoms with E-state index in [1.807, 2.05) is 48.5 Å². The maximum Gasteiger partial charge on any atom is 0.336 e. The Hall–Kier alpha value is -3.99. The lowest BCUT2D eigenvalue weighted by Crippen LogP contribution is -2.22. The van der Waals surface area contributed by atoms with E-state index in [9.17, 15) is 14.7 Å². The van der Waals surface area contributed by atoms with Crippen LogP contribution in [-0.4, -0.2) is 20.6 Å². The molecule has 2 heterocycles. The number of carbonyl (C=O) groups is 1. The van der Waals surface area contributed by atoms with E-state index in [-0.39, 0.29) is 11.1 Å². The molecule has 0 amide bonds. The molecule has 28 heavy (non-hydrogen) atoms. The van der Waals surface area contributed by atoms with Crippen LogP contribution in [0.5, 0.6) is 0 Å². The predicted octanol–water partition coefficient (Wildman–Crippen LogP) is 4.26. The second-order valence-corrected chi connectivity index (χ2v) is 6.20. The maximum absolute atomic E-state index is 13.5. The van der Waals surface area contributed by atoms with E-state index in [1.165, 1.54) is 6.07 Å². The van der Waals surface area contributed by atoms with Crippen LogP contribution in [0.1, 0.15) is 10.4 Å². The van der Waals surface area contributed by atoms with Crippen molar-refractivity contribution in [1.82, 2.24) is 9.55 Å². The quantitative estimate of drug-likeness (QED) is 0.584. The third-order valence-electron chi connectivity index (χ3n) is 4.50. The minimum atomic E-state index is -1.07. The lowest BCUT2D eigenvalue weighted by atomic mass is 9.99. The van der Waals surface area contributed by atoms with E-state index < -0.39 is 5.97 Å². The lowest BCUT2D eigenvalue weighted by Gasteiger charge is -2.15. The normalized spacial score (nSPS) is 10.6. The highest BCUT2D eigenvalue weighted by atomic mass is 16.4. The van der Waals surface area contributed by atoms with Gasteiger partial charge in [-0.25, -0.2) is 4.79 Å². The largest absolute Gasteiger partial charge is 0.478 e. The molecule has 0 atom stereocenters. The molecule has 2 aromatic heterocycles. The van der Waals surface area contributed by atoms with Gasteiger partial charge in [0.2, 0.25) is 0 Å². The number of aromatic carboxylic acids is 1. The zero-order valence-corrected chi connectivity index (χ0v) is 14.8. The Kier molecular flexibility index (Phi) is 4.56. The fourth-order valence-corrected chi connectivity index (χ4v) is 3.22. The van der Waals surface area contributed by atoms with Crippen LogP contribution in [0.2, 0.25) is 0 Å². The number of rotatable bonds is 4. The number of hydrogen-bond acceptors (Lipinski definition) is 3. The molecule has 136 valence electrons. The average Bonchev–Trinajstić information content (AvgIpc) is 2.74. The minimum absolute atomic E-state index is 0.0911. The number of carboxylic acid groups (broad SMARTS) is 1. The summed E-state index contributed by atoms with van der Waals surface area (Å²) >= 11 is 0. The molecule has 1 N–H and O–H groups in total. The molecule has 0 aliphatic heterocycles. The van der Waals surface area contributed by atoms with Gasteiger partial charge in [-0.1, -0.05) is 36.4 Å². The van der Waals surface area contributed by atoms with Crippen LogP contribution >= 0.6 is 0 Å². The van der Waals surface area contributed by atoms with Gasteiger partial charge in [-0.05, 0) is 42.5 Å². The Morgan fingerprint density at radius 2 is 1.57 bits per heavy atom. The van der Waals surface area contributed by atoms with Gasteiger partial charge in [0.15, 0.2) is 0 Å². The van der Waals surface area contributed by atoms with Crippen molar-refractivity contribution in [2.24, 2.45) is 0 Å². The highest BCUT2D eigenvalue weighted by Gasteiger charge is 2.17. The molecule has 0 bridgehead atoms. The molecule has 4 rings (SSSR count). The number of carboxylic acids is 1. The molecule has 0 saturated carbocycles. The number of benzene rings is 2. The first-order chi connectivity index (χ1) is 13.7. The highest BCUT2D eigenvalue weighted by Crippen LogP contribution is 2.26. The standard InChI is InChI=1S/C23H16N2O3/c26-22-19(18-10-4-5-11-20(18)23(27)28)12-13-21(16-7-6-14-24-15-16)25(22)17-8-2-1-3-9-17/h1-15H,(H,27,28). The summed E-state index contributed by atoms with van der Waals surface area (Å²) in [6.07, 6.45) is 3.37. The van der Waals surface area contributed by atoms with E-state index in [4.69, 9.17) is 0 Å². The van der Waals surface area contributed by atoms with Gasteiger partial charge >= 0.3 is 5.97 Å². The molecule has 5 heteroatoms. The molecule has 0 unspecified atom stereocenters. The fraction of sp³-hybridized carbons (Fsp3) is 0. The van der Waals surface area contributed by atoms with Gasteiger partial charge in [0.25, 0.3) is 5.56 Å². The smallest absolute Gasteiger partial charge is 0.336 e. The Balaban J connectivity index is 2.04. The first-order valence-electron chi connectivity index (χ1n) is 8.71. The Morgan fingerprint density at radius 3 is 2.29 bits per heavy atom. The molecule has 2 aromatic carbocycles. The second kappa shape index (κ2) is 7.32. The van der Waals surface area contributed by atoms with E-state index in [0.717, 1.165) is 5.56 Å². The van der Waals surface area contributed by atoms with E-state index in [2.05, 4.69) is 4.98 Å². The number of para-hydroxylation sites is 1. The summed E-state index contributed by atoms with van der Waals surface area (Å²) in [4.78, 5) is 29.3. The molecule has 0 fully saturated rings. The monoisotopic (exact) mass is 368 g/mol. The van der Waals surface area contributed by atoms with E-state index in [1.54, 1.807) is 41.2 Å². The van der Waals surface area contributed by atoms with Crippen molar-refractivity contribution >= 4 is 5.97 Å². The molecule has 0 radical (unpaired) electrons. The number of nitrogens with zero attached hydrogens (tertiary/aromatic N) is 2. The van der Waals surface area contributed by atoms with Crippen molar-refractivity contribution in [3.63, 3.8) is 0 Å². The van der Waals surface area contributed by atoms with Gasteiger partial charge in [-0.2, -0.15) is 0 Å². The van der Waals surface area contributed by atoms with Crippen molar-refractivity contribution in [1.29, 1.82) is 0 Å². The first-order valence-corrected chi connectivity index (χ1v) is 8.71. The van der Waals surface area contributed by atoms with Gasteiger partial charge in [-0.15, -0.1) is 0 Å². The first kappa shape index (κ1) is 17.4. The highest BCUT2D eigenvalue weighted by molar-refractivity contribution is 5.96. The Bertz CT molecular complexity index is 1200. The summed E-state index contributed by atoms with van der Waals surface area (Å²) < 4.78 is 1.59. The predicted molar refractivity (Wildman–Crippen MR) is 108 cm³/mol. The van der Waals surface area contributed by atoms with Gasteiger partial charge in [0.1, 0.15) is 0 Å². The SMILES string of the molecule is O=C(O)c1ccccc1-c1ccc(-c2cccnc2)n(-c2ccccc2)c1=O. The van der Waals surface area contributed by atoms with E-state index in [0.29, 0.717) is 22.5 Å². The summed E-state index contributed by atoms with van der Waals surface area (Å²) in [6.45, 7) is 0. The summed E-state index contributed by atoms with van der Waals surface area (Å²) in [5.41, 5.74) is 2.69. The minimum Gasteiger partial charge on any atom is -0.478 e. The maximum atomic E-state index is 13.5. The molecule has 4 aromatic rings. The second-order valence-electron chi connectivity index (χ2n) is 6.20. The van der Waals surface area contributed by atoms with Crippen LogP contribution in [0.15, 0.2) is 96.1 Å². The molecule has 0 saturated heterocycles. The van der Waals surface area contributed by atoms with Crippen LogP contribution in [0.4, 0.5) is 0 Å².